The molecule has 0 aliphatic heterocycles. The number of aromatic amines is 1. The van der Waals surface area contributed by atoms with Gasteiger partial charge < -0.3 is 15.2 Å². The number of aromatic nitrogens is 1. The average molecular weight is 372 g/mol. The minimum Gasteiger partial charge on any atom is -0.378 e. The molecule has 1 aromatic heterocycles. The van der Waals surface area contributed by atoms with Crippen LogP contribution in [0.25, 0.3) is 17.0 Å². The minimum atomic E-state index is -0.349. The number of rotatable bonds is 6. The largest absolute Gasteiger partial charge is 0.378 e. The van der Waals surface area contributed by atoms with Crippen LogP contribution in [0.3, 0.4) is 0 Å². The maximum atomic E-state index is 12.4. The van der Waals surface area contributed by atoms with E-state index in [0.29, 0.717) is 13.0 Å². The summed E-state index contributed by atoms with van der Waals surface area (Å²) in [7, 11) is 3.96. The number of aryl methyl sites for hydroxylation is 1. The molecule has 2 N–H and O–H groups in total. The van der Waals surface area contributed by atoms with Gasteiger partial charge in [-0.15, -0.1) is 0 Å². The third-order valence-corrected chi connectivity index (χ3v) is 4.79. The topological polar surface area (TPSA) is 71.9 Å². The second-order valence-corrected chi connectivity index (χ2v) is 6.97. The van der Waals surface area contributed by atoms with Crippen molar-refractivity contribution in [1.29, 1.82) is 5.26 Å². The van der Waals surface area contributed by atoms with Crippen molar-refractivity contribution in [3.05, 3.63) is 70.9 Å². The molecule has 1 amide bonds. The lowest BCUT2D eigenvalue weighted by Gasteiger charge is -2.14. The fourth-order valence-corrected chi connectivity index (χ4v) is 3.15. The van der Waals surface area contributed by atoms with Crippen molar-refractivity contribution in [3.8, 4) is 6.07 Å². The second-order valence-electron chi connectivity index (χ2n) is 6.97. The Hall–Kier alpha value is -3.52. The monoisotopic (exact) mass is 372 g/mol. The van der Waals surface area contributed by atoms with Gasteiger partial charge in [0.25, 0.3) is 5.91 Å². The van der Waals surface area contributed by atoms with E-state index < -0.39 is 0 Å². The molecule has 0 fully saturated rings. The van der Waals surface area contributed by atoms with Gasteiger partial charge in [-0.05, 0) is 54.3 Å². The molecule has 0 spiro atoms. The first-order valence-corrected chi connectivity index (χ1v) is 9.22. The number of fused-ring (bicyclic) bond motifs is 1. The molecule has 0 unspecified atom stereocenters. The molecule has 1 heterocycles. The van der Waals surface area contributed by atoms with Crippen molar-refractivity contribution in [2.24, 2.45) is 0 Å². The molecule has 0 radical (unpaired) electrons. The summed E-state index contributed by atoms with van der Waals surface area (Å²) < 4.78 is 0. The summed E-state index contributed by atoms with van der Waals surface area (Å²) in [6.45, 7) is 2.45. The maximum Gasteiger partial charge on any atom is 0.261 e. The first kappa shape index (κ1) is 19.2. The van der Waals surface area contributed by atoms with Crippen LogP contribution in [0.5, 0.6) is 0 Å². The number of amides is 1. The Morgan fingerprint density at radius 2 is 2.04 bits per heavy atom. The van der Waals surface area contributed by atoms with Crippen molar-refractivity contribution in [2.75, 3.05) is 25.5 Å². The second kappa shape index (κ2) is 8.45. The molecular formula is C23H24N4O. The fourth-order valence-electron chi connectivity index (χ4n) is 3.15. The SMILES string of the molecule is Cc1cc(N(C)C)ccc1/C=C(/C#N)C(=O)NCCc1c[nH]c2ccccc12. The summed E-state index contributed by atoms with van der Waals surface area (Å²) in [6, 6.07) is 16.0. The van der Waals surface area contributed by atoms with Crippen molar-refractivity contribution in [3.63, 3.8) is 0 Å². The zero-order valence-corrected chi connectivity index (χ0v) is 16.4. The summed E-state index contributed by atoms with van der Waals surface area (Å²) in [5.41, 5.74) is 5.31. The van der Waals surface area contributed by atoms with E-state index in [1.54, 1.807) is 6.08 Å². The van der Waals surface area contributed by atoms with Gasteiger partial charge in [0.2, 0.25) is 0 Å². The van der Waals surface area contributed by atoms with Crippen LogP contribution in [0.15, 0.2) is 54.2 Å². The first-order chi connectivity index (χ1) is 13.5. The Morgan fingerprint density at radius 3 is 2.75 bits per heavy atom. The number of nitrogens with zero attached hydrogens (tertiary/aromatic N) is 2. The lowest BCUT2D eigenvalue weighted by atomic mass is 10.0. The predicted molar refractivity (Wildman–Crippen MR) is 114 cm³/mol. The number of nitriles is 1. The molecular weight excluding hydrogens is 348 g/mol. The van der Waals surface area contributed by atoms with Gasteiger partial charge >= 0.3 is 0 Å². The van der Waals surface area contributed by atoms with Crippen LogP contribution in [0.2, 0.25) is 0 Å². The Bertz CT molecular complexity index is 1070. The highest BCUT2D eigenvalue weighted by atomic mass is 16.1. The zero-order chi connectivity index (χ0) is 20.1. The number of hydrogen-bond donors (Lipinski definition) is 2. The number of para-hydroxylation sites is 1. The van der Waals surface area contributed by atoms with Gasteiger partial charge in [0, 0.05) is 43.4 Å². The number of hydrogen-bond acceptors (Lipinski definition) is 3. The van der Waals surface area contributed by atoms with Crippen LogP contribution >= 0.6 is 0 Å². The number of benzene rings is 2. The van der Waals surface area contributed by atoms with Gasteiger partial charge in [0.05, 0.1) is 0 Å². The van der Waals surface area contributed by atoms with Crippen molar-refractivity contribution in [2.45, 2.75) is 13.3 Å². The van der Waals surface area contributed by atoms with Crippen LogP contribution < -0.4 is 10.2 Å². The molecule has 5 heteroatoms. The maximum absolute atomic E-state index is 12.4. The van der Waals surface area contributed by atoms with Crippen LogP contribution in [-0.4, -0.2) is 31.5 Å². The lowest BCUT2D eigenvalue weighted by Crippen LogP contribution is -2.26. The highest BCUT2D eigenvalue weighted by Crippen LogP contribution is 2.20. The summed E-state index contributed by atoms with van der Waals surface area (Å²) in [4.78, 5) is 17.7. The number of nitrogens with one attached hydrogen (secondary N) is 2. The van der Waals surface area contributed by atoms with Gasteiger partial charge in [-0.2, -0.15) is 5.26 Å². The zero-order valence-electron chi connectivity index (χ0n) is 16.4. The molecule has 0 aliphatic rings. The third-order valence-electron chi connectivity index (χ3n) is 4.79. The van der Waals surface area contributed by atoms with Crippen LogP contribution in [-0.2, 0) is 11.2 Å². The van der Waals surface area contributed by atoms with Crippen molar-refractivity contribution < 1.29 is 4.79 Å². The third kappa shape index (κ3) is 4.24. The molecule has 5 nitrogen and oxygen atoms in total. The fraction of sp³-hybridized carbons (Fsp3) is 0.217. The smallest absolute Gasteiger partial charge is 0.261 e. The van der Waals surface area contributed by atoms with E-state index in [2.05, 4.69) is 16.4 Å². The normalized spacial score (nSPS) is 11.3. The standard InChI is InChI=1S/C23H24N4O/c1-16-12-20(27(2)3)9-8-17(16)13-19(14-24)23(28)25-11-10-18-15-26-22-7-5-4-6-21(18)22/h4-9,12-13,15,26H,10-11H2,1-3H3,(H,25,28)/b19-13-. The molecule has 0 aliphatic carbocycles. The van der Waals surface area contributed by atoms with Gasteiger partial charge in [0.1, 0.15) is 11.6 Å². The molecule has 3 aromatic rings. The number of carbonyl (C=O) groups is 1. The van der Waals surface area contributed by atoms with Gasteiger partial charge in [-0.25, -0.2) is 0 Å². The van der Waals surface area contributed by atoms with E-state index in [1.165, 1.54) is 0 Å². The summed E-state index contributed by atoms with van der Waals surface area (Å²) in [5, 5.41) is 13.4. The number of H-pyrrole nitrogens is 1. The Labute approximate surface area is 165 Å². The highest BCUT2D eigenvalue weighted by molar-refractivity contribution is 6.01. The average Bonchev–Trinajstić information content (AvgIpc) is 3.10. The molecule has 0 bridgehead atoms. The first-order valence-electron chi connectivity index (χ1n) is 9.22. The Balaban J connectivity index is 1.67. The number of anilines is 1. The number of carbonyl (C=O) groups excluding carboxylic acids is 1. The van der Waals surface area contributed by atoms with E-state index in [1.807, 2.05) is 74.6 Å². The molecule has 0 atom stereocenters. The summed E-state index contributed by atoms with van der Waals surface area (Å²) in [6.07, 6.45) is 4.31. The van der Waals surface area contributed by atoms with Crippen LogP contribution in [0.1, 0.15) is 16.7 Å². The van der Waals surface area contributed by atoms with Gasteiger partial charge in [-0.3, -0.25) is 4.79 Å². The minimum absolute atomic E-state index is 0.111. The predicted octanol–water partition coefficient (Wildman–Crippen LogP) is 3.81. The van der Waals surface area contributed by atoms with Crippen LogP contribution in [0, 0.1) is 18.3 Å². The molecule has 3 rings (SSSR count). The van der Waals surface area contributed by atoms with Crippen molar-refractivity contribution >= 4 is 28.6 Å². The summed E-state index contributed by atoms with van der Waals surface area (Å²) >= 11 is 0. The molecule has 28 heavy (non-hydrogen) atoms. The van der Waals surface area contributed by atoms with Crippen LogP contribution in [0.4, 0.5) is 5.69 Å². The van der Waals surface area contributed by atoms with E-state index in [4.69, 9.17) is 0 Å². The summed E-state index contributed by atoms with van der Waals surface area (Å²) in [5.74, 6) is -0.349. The van der Waals surface area contributed by atoms with E-state index >= 15 is 0 Å². The Kier molecular flexibility index (Phi) is 5.81. The molecule has 2 aromatic carbocycles. The quantitative estimate of drug-likeness (QED) is 0.510. The van der Waals surface area contributed by atoms with Gasteiger partial charge in [-0.1, -0.05) is 24.3 Å². The van der Waals surface area contributed by atoms with E-state index in [-0.39, 0.29) is 11.5 Å². The highest BCUT2D eigenvalue weighted by Gasteiger charge is 2.10. The van der Waals surface area contributed by atoms with Gasteiger partial charge in [0.15, 0.2) is 0 Å². The lowest BCUT2D eigenvalue weighted by molar-refractivity contribution is -0.117. The molecule has 0 saturated heterocycles. The Morgan fingerprint density at radius 1 is 1.25 bits per heavy atom. The molecule has 142 valence electrons. The molecule has 0 saturated carbocycles. The van der Waals surface area contributed by atoms with E-state index in [0.717, 1.165) is 33.3 Å². The van der Waals surface area contributed by atoms with Crippen molar-refractivity contribution in [1.82, 2.24) is 10.3 Å². The van der Waals surface area contributed by atoms with E-state index in [9.17, 15) is 10.1 Å².